The summed E-state index contributed by atoms with van der Waals surface area (Å²) < 4.78 is 10.7. The van der Waals surface area contributed by atoms with Crippen LogP contribution >= 0.6 is 0 Å². The largest absolute Gasteiger partial charge is 0.501 e. The molecule has 9 nitrogen and oxygen atoms in total. The van der Waals surface area contributed by atoms with Crippen LogP contribution in [0.1, 0.15) is 21.6 Å². The van der Waals surface area contributed by atoms with Crippen LogP contribution in [0.4, 0.5) is 0 Å². The number of methoxy groups -OCH3 is 2. The normalized spacial score (nSPS) is 10.8. The molecule has 1 aromatic heterocycles. The number of nitrogens with zero attached hydrogens (tertiary/aromatic N) is 3. The predicted octanol–water partition coefficient (Wildman–Crippen LogP) is 2.49. The zero-order valence-corrected chi connectivity index (χ0v) is 19.4. The minimum absolute atomic E-state index is 0.154. The minimum atomic E-state index is -0.784. The van der Waals surface area contributed by atoms with Crippen LogP contribution in [0.15, 0.2) is 47.3 Å². The van der Waals surface area contributed by atoms with E-state index >= 15 is 0 Å². The number of aromatic nitrogens is 2. The fourth-order valence-electron chi connectivity index (χ4n) is 3.47. The molecule has 0 aliphatic carbocycles. The maximum atomic E-state index is 13.1. The van der Waals surface area contributed by atoms with E-state index in [9.17, 15) is 14.7 Å². The number of benzene rings is 2. The molecule has 9 heteroatoms. The average molecular weight is 453 g/mol. The van der Waals surface area contributed by atoms with Crippen molar-refractivity contribution in [2.45, 2.75) is 13.1 Å². The first-order chi connectivity index (χ1) is 15.7. The van der Waals surface area contributed by atoms with E-state index in [1.165, 1.54) is 19.1 Å². The van der Waals surface area contributed by atoms with Crippen molar-refractivity contribution in [2.75, 3.05) is 35.4 Å². The zero-order chi connectivity index (χ0) is 24.1. The lowest BCUT2D eigenvalue weighted by Gasteiger charge is -2.20. The fourth-order valence-corrected chi connectivity index (χ4v) is 3.47. The van der Waals surface area contributed by atoms with E-state index < -0.39 is 17.2 Å². The number of rotatable bonds is 8. The number of aromatic amines is 1. The summed E-state index contributed by atoms with van der Waals surface area (Å²) in [5.74, 6) is -0.0921. The summed E-state index contributed by atoms with van der Waals surface area (Å²) in [6.45, 7) is 0.920. The van der Waals surface area contributed by atoms with Gasteiger partial charge in [0.15, 0.2) is 17.2 Å². The van der Waals surface area contributed by atoms with Crippen molar-refractivity contribution in [2.24, 2.45) is 0 Å². The molecule has 0 aliphatic heterocycles. The molecule has 1 heterocycles. The highest BCUT2D eigenvalue weighted by molar-refractivity contribution is 5.95. The van der Waals surface area contributed by atoms with Gasteiger partial charge in [0.2, 0.25) is 5.75 Å². The van der Waals surface area contributed by atoms with Gasteiger partial charge in [-0.1, -0.05) is 36.4 Å². The number of carbonyl (C=O) groups is 1. The van der Waals surface area contributed by atoms with Gasteiger partial charge in [0.1, 0.15) is 5.82 Å². The molecule has 0 saturated carbocycles. The van der Waals surface area contributed by atoms with E-state index in [-0.39, 0.29) is 18.1 Å². The number of hydrogen-bond acceptors (Lipinski definition) is 7. The first-order valence-electron chi connectivity index (χ1n) is 10.3. The molecule has 33 heavy (non-hydrogen) atoms. The molecule has 1 amide bonds. The van der Waals surface area contributed by atoms with E-state index in [4.69, 9.17) is 9.47 Å². The average Bonchev–Trinajstić information content (AvgIpc) is 2.80. The van der Waals surface area contributed by atoms with Gasteiger partial charge in [0.05, 0.1) is 14.2 Å². The van der Waals surface area contributed by atoms with Crippen molar-refractivity contribution >= 4 is 5.91 Å². The van der Waals surface area contributed by atoms with Crippen LogP contribution in [0.5, 0.6) is 17.2 Å². The fraction of sp³-hybridized carbons (Fsp3) is 0.292. The van der Waals surface area contributed by atoms with Crippen LogP contribution in [0.3, 0.4) is 0 Å². The Morgan fingerprint density at radius 1 is 1.03 bits per heavy atom. The van der Waals surface area contributed by atoms with Gasteiger partial charge in [-0.25, -0.2) is 4.98 Å². The smallest absolute Gasteiger partial charge is 0.294 e. The summed E-state index contributed by atoms with van der Waals surface area (Å²) in [5, 5.41) is 10.3. The molecule has 2 aromatic carbocycles. The molecular weight excluding hydrogens is 424 g/mol. The Morgan fingerprint density at radius 3 is 2.33 bits per heavy atom. The molecule has 0 unspecified atom stereocenters. The Bertz CT molecular complexity index is 1190. The molecular formula is C24H28N4O5. The second kappa shape index (κ2) is 10.2. The van der Waals surface area contributed by atoms with Crippen molar-refractivity contribution in [3.8, 4) is 28.6 Å². The summed E-state index contributed by atoms with van der Waals surface area (Å²) in [7, 11) is 8.55. The van der Waals surface area contributed by atoms with Gasteiger partial charge >= 0.3 is 0 Å². The predicted molar refractivity (Wildman–Crippen MR) is 125 cm³/mol. The van der Waals surface area contributed by atoms with Crippen molar-refractivity contribution in [1.82, 2.24) is 19.8 Å². The van der Waals surface area contributed by atoms with E-state index in [0.717, 1.165) is 12.1 Å². The monoisotopic (exact) mass is 452 g/mol. The minimum Gasteiger partial charge on any atom is -0.501 e. The maximum Gasteiger partial charge on any atom is 0.294 e. The van der Waals surface area contributed by atoms with E-state index in [2.05, 4.69) is 9.97 Å². The van der Waals surface area contributed by atoms with Crippen molar-refractivity contribution in [3.05, 3.63) is 69.6 Å². The molecule has 0 aliphatic rings. The van der Waals surface area contributed by atoms with E-state index in [1.54, 1.807) is 25.2 Å². The highest BCUT2D eigenvalue weighted by atomic mass is 16.5. The number of aromatic hydroxyl groups is 1. The summed E-state index contributed by atoms with van der Waals surface area (Å²) >= 11 is 0. The third kappa shape index (κ3) is 5.32. The van der Waals surface area contributed by atoms with Crippen LogP contribution in [-0.4, -0.2) is 66.1 Å². The van der Waals surface area contributed by atoms with Gasteiger partial charge in [0.25, 0.3) is 11.5 Å². The van der Waals surface area contributed by atoms with Crippen LogP contribution in [-0.2, 0) is 13.1 Å². The quantitative estimate of drug-likeness (QED) is 0.541. The molecule has 3 aromatic rings. The molecule has 0 saturated heterocycles. The number of carbonyl (C=O) groups excluding carboxylic acids is 1. The highest BCUT2D eigenvalue weighted by Crippen LogP contribution is 2.31. The third-order valence-corrected chi connectivity index (χ3v) is 5.06. The van der Waals surface area contributed by atoms with E-state index in [0.29, 0.717) is 22.6 Å². The lowest BCUT2D eigenvalue weighted by atomic mass is 10.1. The van der Waals surface area contributed by atoms with Gasteiger partial charge < -0.3 is 29.4 Å². The Balaban J connectivity index is 1.91. The molecule has 0 atom stereocenters. The Hall–Kier alpha value is -3.85. The Morgan fingerprint density at radius 2 is 1.73 bits per heavy atom. The van der Waals surface area contributed by atoms with Crippen molar-refractivity contribution in [3.63, 3.8) is 0 Å². The highest BCUT2D eigenvalue weighted by Gasteiger charge is 2.23. The third-order valence-electron chi connectivity index (χ3n) is 5.06. The van der Waals surface area contributed by atoms with Gasteiger partial charge in [0, 0.05) is 31.3 Å². The molecule has 2 N–H and O–H groups in total. The zero-order valence-electron chi connectivity index (χ0n) is 19.4. The van der Waals surface area contributed by atoms with Gasteiger partial charge in [-0.15, -0.1) is 0 Å². The topological polar surface area (TPSA) is 108 Å². The molecule has 3 rings (SSSR count). The first-order valence-corrected chi connectivity index (χ1v) is 10.3. The first kappa shape index (κ1) is 23.8. The van der Waals surface area contributed by atoms with Crippen LogP contribution in [0, 0.1) is 0 Å². The Labute approximate surface area is 192 Å². The number of H-pyrrole nitrogens is 1. The summed E-state index contributed by atoms with van der Waals surface area (Å²) in [4.78, 5) is 35.7. The molecule has 0 radical (unpaired) electrons. The number of ether oxygens (including phenoxy) is 2. The SMILES string of the molecule is COc1cccc(CN(C)C(=O)c2nc(-c3ccc(CN(C)C)cc3)[nH]c(=O)c2O)c1OC. The molecule has 174 valence electrons. The van der Waals surface area contributed by atoms with Crippen molar-refractivity contribution in [1.29, 1.82) is 0 Å². The van der Waals surface area contributed by atoms with Gasteiger partial charge in [-0.05, 0) is 25.7 Å². The number of hydrogen-bond donors (Lipinski definition) is 2. The van der Waals surface area contributed by atoms with Gasteiger partial charge in [-0.3, -0.25) is 9.59 Å². The Kier molecular flexibility index (Phi) is 7.34. The van der Waals surface area contributed by atoms with Gasteiger partial charge in [-0.2, -0.15) is 0 Å². The van der Waals surface area contributed by atoms with Crippen LogP contribution in [0.25, 0.3) is 11.4 Å². The number of nitrogens with one attached hydrogen (secondary N) is 1. The lowest BCUT2D eigenvalue weighted by molar-refractivity contribution is 0.0774. The number of para-hydroxylation sites is 1. The maximum absolute atomic E-state index is 13.1. The summed E-state index contributed by atoms with van der Waals surface area (Å²) in [6.07, 6.45) is 0. The van der Waals surface area contributed by atoms with Crippen LogP contribution < -0.4 is 15.0 Å². The second-order valence-electron chi connectivity index (χ2n) is 7.86. The van der Waals surface area contributed by atoms with Crippen LogP contribution in [0.2, 0.25) is 0 Å². The molecule has 0 fully saturated rings. The second-order valence-corrected chi connectivity index (χ2v) is 7.86. The molecule has 0 spiro atoms. The standard InChI is InChI=1S/C24H28N4O5/c1-27(2)13-15-9-11-16(12-10-15)22-25-19(20(29)23(30)26-22)24(31)28(3)14-17-7-6-8-18(32-4)21(17)33-5/h6-12,29H,13-14H2,1-5H3,(H,25,26,30). The lowest BCUT2D eigenvalue weighted by Crippen LogP contribution is -2.29. The van der Waals surface area contributed by atoms with E-state index in [1.807, 2.05) is 43.3 Å². The number of amides is 1. The summed E-state index contributed by atoms with van der Waals surface area (Å²) in [5.41, 5.74) is 1.31. The molecule has 0 bridgehead atoms. The van der Waals surface area contributed by atoms with Crippen molar-refractivity contribution < 1.29 is 19.4 Å². The summed E-state index contributed by atoms with van der Waals surface area (Å²) in [6, 6.07) is 12.8.